The van der Waals surface area contributed by atoms with E-state index in [1.807, 2.05) is 19.9 Å². The van der Waals surface area contributed by atoms with Crippen LogP contribution in [0.3, 0.4) is 0 Å². The Morgan fingerprint density at radius 2 is 1.68 bits per heavy atom. The number of aryl methyl sites for hydroxylation is 2. The zero-order chi connectivity index (χ0) is 16.1. The highest BCUT2D eigenvalue weighted by Crippen LogP contribution is 2.26. The van der Waals surface area contributed by atoms with E-state index in [-0.39, 0.29) is 12.4 Å². The van der Waals surface area contributed by atoms with Crippen molar-refractivity contribution in [2.24, 2.45) is 0 Å². The van der Waals surface area contributed by atoms with Crippen molar-refractivity contribution in [2.75, 3.05) is 39.3 Å². The molecule has 1 aliphatic rings. The van der Waals surface area contributed by atoms with E-state index in [1.54, 1.807) is 6.07 Å². The molecule has 4 nitrogen and oxygen atoms in total. The van der Waals surface area contributed by atoms with Crippen LogP contribution < -0.4 is 4.74 Å². The molecule has 0 spiro atoms. The summed E-state index contributed by atoms with van der Waals surface area (Å²) in [6.07, 6.45) is 0. The molecule has 0 radical (unpaired) electrons. The Morgan fingerprint density at radius 3 is 2.27 bits per heavy atom. The average molecular weight is 314 g/mol. The molecule has 2 rings (SSSR count). The van der Waals surface area contributed by atoms with Crippen LogP contribution in [0.5, 0.6) is 5.75 Å². The number of piperazine rings is 1. The van der Waals surface area contributed by atoms with Crippen LogP contribution in [0.15, 0.2) is 12.1 Å². The zero-order valence-electron chi connectivity index (χ0n) is 13.2. The minimum absolute atomic E-state index is 0.170. The second-order valence-electron chi connectivity index (χ2n) is 5.76. The summed E-state index contributed by atoms with van der Waals surface area (Å²) in [5.41, 5.74) is 2.83. The minimum Gasteiger partial charge on any atom is -0.434 e. The molecule has 124 valence electrons. The number of hydrogen-bond acceptors (Lipinski definition) is 4. The largest absolute Gasteiger partial charge is 0.434 e. The van der Waals surface area contributed by atoms with Gasteiger partial charge in [0.05, 0.1) is 6.61 Å². The van der Waals surface area contributed by atoms with E-state index < -0.39 is 6.61 Å². The number of ether oxygens (including phenoxy) is 1. The molecule has 1 N–H and O–H groups in total. The van der Waals surface area contributed by atoms with Gasteiger partial charge in [0, 0.05) is 44.8 Å². The average Bonchev–Trinajstić information content (AvgIpc) is 2.46. The van der Waals surface area contributed by atoms with Gasteiger partial charge >= 0.3 is 6.61 Å². The first kappa shape index (κ1) is 17.1. The SMILES string of the molecule is Cc1cc(CN2CCN(CCO)CC2)c(OC(F)F)cc1C. The highest BCUT2D eigenvalue weighted by Gasteiger charge is 2.19. The third-order valence-corrected chi connectivity index (χ3v) is 4.17. The molecule has 0 saturated carbocycles. The first-order valence-corrected chi connectivity index (χ1v) is 7.60. The lowest BCUT2D eigenvalue weighted by atomic mass is 10.0. The van der Waals surface area contributed by atoms with Crippen molar-refractivity contribution in [3.05, 3.63) is 28.8 Å². The second kappa shape index (κ2) is 7.85. The predicted octanol–water partition coefficient (Wildman–Crippen LogP) is 2.01. The first-order valence-electron chi connectivity index (χ1n) is 7.60. The number of aliphatic hydroxyl groups is 1. The Bertz CT molecular complexity index is 489. The van der Waals surface area contributed by atoms with Crippen LogP contribution in [-0.4, -0.2) is 60.8 Å². The van der Waals surface area contributed by atoms with Crippen molar-refractivity contribution in [2.45, 2.75) is 27.0 Å². The molecule has 1 aromatic carbocycles. The molecule has 0 aliphatic carbocycles. The maximum atomic E-state index is 12.6. The Labute approximate surface area is 130 Å². The zero-order valence-corrected chi connectivity index (χ0v) is 13.2. The minimum atomic E-state index is -2.80. The fraction of sp³-hybridized carbons (Fsp3) is 0.625. The summed E-state index contributed by atoms with van der Waals surface area (Å²) in [6, 6.07) is 3.63. The summed E-state index contributed by atoms with van der Waals surface area (Å²) in [5.74, 6) is 0.274. The molecule has 1 saturated heterocycles. The second-order valence-corrected chi connectivity index (χ2v) is 5.76. The van der Waals surface area contributed by atoms with Crippen molar-refractivity contribution in [3.8, 4) is 5.75 Å². The molecular formula is C16H24F2N2O2. The van der Waals surface area contributed by atoms with Gasteiger partial charge in [0.15, 0.2) is 0 Å². The summed E-state index contributed by atoms with van der Waals surface area (Å²) in [5, 5.41) is 8.95. The lowest BCUT2D eigenvalue weighted by molar-refractivity contribution is -0.0509. The van der Waals surface area contributed by atoms with Gasteiger partial charge in [-0.2, -0.15) is 8.78 Å². The van der Waals surface area contributed by atoms with Crippen LogP contribution in [-0.2, 0) is 6.54 Å². The number of alkyl halides is 2. The van der Waals surface area contributed by atoms with Crippen molar-refractivity contribution < 1.29 is 18.6 Å². The number of aliphatic hydroxyl groups excluding tert-OH is 1. The molecule has 0 bridgehead atoms. The summed E-state index contributed by atoms with van der Waals surface area (Å²) < 4.78 is 29.8. The Hall–Kier alpha value is -1.24. The van der Waals surface area contributed by atoms with Crippen LogP contribution in [0.2, 0.25) is 0 Å². The number of benzene rings is 1. The van der Waals surface area contributed by atoms with E-state index in [9.17, 15) is 8.78 Å². The summed E-state index contributed by atoms with van der Waals surface area (Å²) >= 11 is 0. The van der Waals surface area contributed by atoms with Gasteiger partial charge in [0.1, 0.15) is 5.75 Å². The van der Waals surface area contributed by atoms with Gasteiger partial charge in [-0.15, -0.1) is 0 Å². The normalized spacial score (nSPS) is 17.2. The monoisotopic (exact) mass is 314 g/mol. The maximum Gasteiger partial charge on any atom is 0.387 e. The number of hydrogen-bond donors (Lipinski definition) is 1. The lowest BCUT2D eigenvalue weighted by Gasteiger charge is -2.34. The van der Waals surface area contributed by atoms with Crippen molar-refractivity contribution in [1.29, 1.82) is 0 Å². The summed E-state index contributed by atoms with van der Waals surface area (Å²) in [7, 11) is 0. The van der Waals surface area contributed by atoms with Gasteiger partial charge < -0.3 is 9.84 Å². The van der Waals surface area contributed by atoms with Gasteiger partial charge in [0.2, 0.25) is 0 Å². The van der Waals surface area contributed by atoms with Crippen LogP contribution in [0.25, 0.3) is 0 Å². The van der Waals surface area contributed by atoms with Gasteiger partial charge in [-0.05, 0) is 31.0 Å². The van der Waals surface area contributed by atoms with Crippen LogP contribution in [0.1, 0.15) is 16.7 Å². The standard InChI is InChI=1S/C16H24F2N2O2/c1-12-9-14(15(10-13(12)2)22-16(17)18)11-20-5-3-19(4-6-20)7-8-21/h9-10,16,21H,3-8,11H2,1-2H3. The van der Waals surface area contributed by atoms with E-state index >= 15 is 0 Å². The number of nitrogens with zero attached hydrogens (tertiary/aromatic N) is 2. The predicted molar refractivity (Wildman–Crippen MR) is 81.4 cm³/mol. The fourth-order valence-electron chi connectivity index (χ4n) is 2.73. The van der Waals surface area contributed by atoms with E-state index in [0.717, 1.165) is 42.9 Å². The Kier molecular flexibility index (Phi) is 6.11. The molecular weight excluding hydrogens is 290 g/mol. The lowest BCUT2D eigenvalue weighted by Crippen LogP contribution is -2.46. The first-order chi connectivity index (χ1) is 10.5. The number of halogens is 2. The number of rotatable bonds is 6. The molecule has 1 aliphatic heterocycles. The molecule has 6 heteroatoms. The molecule has 0 unspecified atom stereocenters. The molecule has 0 aromatic heterocycles. The van der Waals surface area contributed by atoms with Gasteiger partial charge in [-0.25, -0.2) is 0 Å². The van der Waals surface area contributed by atoms with Crippen molar-refractivity contribution in [3.63, 3.8) is 0 Å². The quantitative estimate of drug-likeness (QED) is 0.871. The van der Waals surface area contributed by atoms with Gasteiger partial charge in [-0.1, -0.05) is 6.07 Å². The van der Waals surface area contributed by atoms with E-state index in [1.165, 1.54) is 0 Å². The molecule has 1 fully saturated rings. The topological polar surface area (TPSA) is 35.9 Å². The van der Waals surface area contributed by atoms with E-state index in [0.29, 0.717) is 13.1 Å². The highest BCUT2D eigenvalue weighted by molar-refractivity contribution is 5.41. The van der Waals surface area contributed by atoms with E-state index in [2.05, 4.69) is 14.5 Å². The van der Waals surface area contributed by atoms with E-state index in [4.69, 9.17) is 5.11 Å². The van der Waals surface area contributed by atoms with Crippen LogP contribution in [0, 0.1) is 13.8 Å². The van der Waals surface area contributed by atoms with Gasteiger partial charge in [0.25, 0.3) is 0 Å². The van der Waals surface area contributed by atoms with Crippen molar-refractivity contribution in [1.82, 2.24) is 9.80 Å². The summed E-state index contributed by atoms with van der Waals surface area (Å²) in [4.78, 5) is 4.43. The van der Waals surface area contributed by atoms with Crippen LogP contribution >= 0.6 is 0 Å². The Balaban J connectivity index is 2.04. The molecule has 1 heterocycles. The molecule has 22 heavy (non-hydrogen) atoms. The third kappa shape index (κ3) is 4.63. The Morgan fingerprint density at radius 1 is 1.09 bits per heavy atom. The van der Waals surface area contributed by atoms with Crippen molar-refractivity contribution >= 4 is 0 Å². The van der Waals surface area contributed by atoms with Crippen LogP contribution in [0.4, 0.5) is 8.78 Å². The van der Waals surface area contributed by atoms with Gasteiger partial charge in [-0.3, -0.25) is 9.80 Å². The summed E-state index contributed by atoms with van der Waals surface area (Å²) in [6.45, 7) is 6.03. The molecule has 0 atom stereocenters. The third-order valence-electron chi connectivity index (χ3n) is 4.17. The number of β-amino-alcohol motifs (C(OH)–C–C–N with tert-alkyl or cyclic N) is 1. The maximum absolute atomic E-state index is 12.6. The molecule has 0 amide bonds. The molecule has 1 aromatic rings. The fourth-order valence-corrected chi connectivity index (χ4v) is 2.73. The highest BCUT2D eigenvalue weighted by atomic mass is 19.3. The smallest absolute Gasteiger partial charge is 0.387 e.